The van der Waals surface area contributed by atoms with Crippen LogP contribution in [0, 0.1) is 0 Å². The lowest BCUT2D eigenvalue weighted by Gasteiger charge is -2.26. The number of rotatable bonds is 7. The van der Waals surface area contributed by atoms with Gasteiger partial charge < -0.3 is 10.0 Å². The fraction of sp³-hybridized carbons (Fsp3) is 0.0233. The summed E-state index contributed by atoms with van der Waals surface area (Å²) in [5.41, 5.74) is 5.36. The molecule has 0 radical (unpaired) electrons. The molecular weight excluding hydrogens is 645 g/mol. The first-order valence-corrected chi connectivity index (χ1v) is 16.3. The smallest absolute Gasteiger partial charge is 0.416 e. The number of nitrogens with zero attached hydrogens (tertiary/aromatic N) is 4. The van der Waals surface area contributed by atoms with E-state index < -0.39 is 11.7 Å². The van der Waals surface area contributed by atoms with E-state index in [1.165, 1.54) is 0 Å². The zero-order valence-electron chi connectivity index (χ0n) is 27.0. The molecule has 6 aromatic carbocycles. The maximum Gasteiger partial charge on any atom is 0.416 e. The molecule has 51 heavy (non-hydrogen) atoms. The quantitative estimate of drug-likeness (QED) is 0.183. The van der Waals surface area contributed by atoms with Crippen molar-refractivity contribution < 1.29 is 18.3 Å². The Balaban J connectivity index is 1.32. The molecule has 8 heteroatoms. The highest BCUT2D eigenvalue weighted by Crippen LogP contribution is 2.41. The van der Waals surface area contributed by atoms with Gasteiger partial charge in [-0.25, -0.2) is 9.97 Å². The third-order valence-corrected chi connectivity index (χ3v) is 8.70. The molecule has 0 saturated heterocycles. The third kappa shape index (κ3) is 6.08. The molecule has 0 fully saturated rings. The van der Waals surface area contributed by atoms with Gasteiger partial charge in [0.25, 0.3) is 0 Å². The van der Waals surface area contributed by atoms with Gasteiger partial charge >= 0.3 is 6.18 Å². The van der Waals surface area contributed by atoms with Gasteiger partial charge in [-0.05, 0) is 78.9 Å². The van der Waals surface area contributed by atoms with Crippen molar-refractivity contribution in [2.75, 3.05) is 4.90 Å². The molecule has 0 bridgehead atoms. The number of phenols is 1. The van der Waals surface area contributed by atoms with Crippen LogP contribution in [0.4, 0.5) is 30.2 Å². The van der Waals surface area contributed by atoms with Crippen molar-refractivity contribution in [2.45, 2.75) is 6.18 Å². The van der Waals surface area contributed by atoms with Crippen LogP contribution in [-0.4, -0.2) is 19.6 Å². The molecule has 0 amide bonds. The number of aromatic nitrogens is 3. The number of benzene rings is 6. The Morgan fingerprint density at radius 1 is 0.529 bits per heavy atom. The van der Waals surface area contributed by atoms with E-state index in [1.54, 1.807) is 42.5 Å². The molecule has 0 aliphatic rings. The van der Waals surface area contributed by atoms with Crippen LogP contribution in [0.15, 0.2) is 170 Å². The van der Waals surface area contributed by atoms with Crippen LogP contribution < -0.4 is 4.90 Å². The number of imidazole rings is 1. The number of halogens is 3. The number of fused-ring (bicyclic) bond motifs is 1. The van der Waals surface area contributed by atoms with E-state index in [0.29, 0.717) is 33.5 Å². The van der Waals surface area contributed by atoms with Crippen molar-refractivity contribution in [3.8, 4) is 45.3 Å². The third-order valence-electron chi connectivity index (χ3n) is 8.70. The Morgan fingerprint density at radius 3 is 1.76 bits per heavy atom. The van der Waals surface area contributed by atoms with E-state index in [2.05, 4.69) is 4.90 Å². The maximum atomic E-state index is 14.6. The molecule has 0 aliphatic heterocycles. The fourth-order valence-corrected chi connectivity index (χ4v) is 6.37. The summed E-state index contributed by atoms with van der Waals surface area (Å²) in [6, 6.07) is 50.9. The van der Waals surface area contributed by atoms with Gasteiger partial charge in [-0.1, -0.05) is 91.0 Å². The number of hydrogen-bond acceptors (Lipinski definition) is 4. The molecule has 1 N–H and O–H groups in total. The fourth-order valence-electron chi connectivity index (χ4n) is 6.37. The lowest BCUT2D eigenvalue weighted by atomic mass is 10.0. The standard InChI is InChI=1S/C43H29F3N4O/c44-43(45,46)30-27-37(29-14-12-21-34(26-29)49(31-15-4-1-5-16-31)32-17-6-2-7-18-32)47-38(28-30)35-23-13-24-39-41(35)48-42(36-22-10-11-25-40(36)51)50(39)33-19-8-3-9-20-33/h1-28,51H. The van der Waals surface area contributed by atoms with Crippen molar-refractivity contribution in [3.05, 3.63) is 175 Å². The van der Waals surface area contributed by atoms with Crippen molar-refractivity contribution in [1.82, 2.24) is 14.5 Å². The summed E-state index contributed by atoms with van der Waals surface area (Å²) >= 11 is 0. The monoisotopic (exact) mass is 674 g/mol. The van der Waals surface area contributed by atoms with Gasteiger partial charge in [-0.2, -0.15) is 13.2 Å². The SMILES string of the molecule is Oc1ccccc1-c1nc2c(-c3cc(C(F)(F)F)cc(-c4cccc(N(c5ccccc5)c5ccccc5)c4)n3)cccc2n1-c1ccccc1. The number of phenolic OH excluding ortho intramolecular Hbond substituents is 1. The van der Waals surface area contributed by atoms with Gasteiger partial charge in [0.15, 0.2) is 0 Å². The minimum absolute atomic E-state index is 0.0333. The second kappa shape index (κ2) is 13.0. The van der Waals surface area contributed by atoms with Crippen LogP contribution in [0.2, 0.25) is 0 Å². The maximum absolute atomic E-state index is 14.6. The summed E-state index contributed by atoms with van der Waals surface area (Å²) in [6.45, 7) is 0. The average molecular weight is 675 g/mol. The minimum Gasteiger partial charge on any atom is -0.507 e. The second-order valence-electron chi connectivity index (χ2n) is 12.0. The lowest BCUT2D eigenvalue weighted by molar-refractivity contribution is -0.137. The predicted octanol–water partition coefficient (Wildman–Crippen LogP) is 11.6. The molecule has 0 saturated carbocycles. The Bertz CT molecular complexity index is 2440. The Morgan fingerprint density at radius 2 is 1.10 bits per heavy atom. The Kier molecular flexibility index (Phi) is 8.04. The number of alkyl halides is 3. The molecule has 0 spiro atoms. The van der Waals surface area contributed by atoms with E-state index in [9.17, 15) is 18.3 Å². The highest BCUT2D eigenvalue weighted by Gasteiger charge is 2.32. The first-order valence-electron chi connectivity index (χ1n) is 16.3. The molecule has 0 unspecified atom stereocenters. The number of aromatic hydroxyl groups is 1. The zero-order valence-corrected chi connectivity index (χ0v) is 27.0. The number of para-hydroxylation sites is 5. The average Bonchev–Trinajstić information content (AvgIpc) is 3.56. The highest BCUT2D eigenvalue weighted by molar-refractivity contribution is 5.95. The van der Waals surface area contributed by atoms with Gasteiger partial charge in [-0.3, -0.25) is 4.57 Å². The van der Waals surface area contributed by atoms with E-state index in [4.69, 9.17) is 9.97 Å². The van der Waals surface area contributed by atoms with Crippen molar-refractivity contribution in [1.29, 1.82) is 0 Å². The summed E-state index contributed by atoms with van der Waals surface area (Å²) in [6.07, 6.45) is -4.64. The van der Waals surface area contributed by atoms with Gasteiger partial charge in [-0.15, -0.1) is 0 Å². The first-order chi connectivity index (χ1) is 24.8. The van der Waals surface area contributed by atoms with E-state index in [1.807, 2.05) is 120 Å². The molecule has 0 aliphatic carbocycles. The van der Waals surface area contributed by atoms with Gasteiger partial charge in [0.2, 0.25) is 0 Å². The summed E-state index contributed by atoms with van der Waals surface area (Å²) < 4.78 is 45.7. The summed E-state index contributed by atoms with van der Waals surface area (Å²) in [7, 11) is 0. The summed E-state index contributed by atoms with van der Waals surface area (Å²) in [5.74, 6) is 0.481. The normalized spacial score (nSPS) is 11.5. The first kappa shape index (κ1) is 31.6. The Hall–Kier alpha value is -6.67. The van der Waals surface area contributed by atoms with Crippen LogP contribution in [-0.2, 0) is 6.18 Å². The predicted molar refractivity (Wildman–Crippen MR) is 197 cm³/mol. The van der Waals surface area contributed by atoms with Crippen LogP contribution in [0.3, 0.4) is 0 Å². The highest BCUT2D eigenvalue weighted by atomic mass is 19.4. The van der Waals surface area contributed by atoms with E-state index in [0.717, 1.165) is 34.9 Å². The van der Waals surface area contributed by atoms with Gasteiger partial charge in [0.05, 0.1) is 33.5 Å². The van der Waals surface area contributed by atoms with Gasteiger partial charge in [0.1, 0.15) is 11.6 Å². The van der Waals surface area contributed by atoms with Crippen molar-refractivity contribution in [2.24, 2.45) is 0 Å². The molecule has 5 nitrogen and oxygen atoms in total. The van der Waals surface area contributed by atoms with Crippen molar-refractivity contribution >= 4 is 28.1 Å². The van der Waals surface area contributed by atoms with E-state index in [-0.39, 0.29) is 17.1 Å². The lowest BCUT2D eigenvalue weighted by Crippen LogP contribution is -2.10. The van der Waals surface area contributed by atoms with Crippen LogP contribution in [0.25, 0.3) is 50.6 Å². The second-order valence-corrected chi connectivity index (χ2v) is 12.0. The minimum atomic E-state index is -4.64. The van der Waals surface area contributed by atoms with Gasteiger partial charge in [0, 0.05) is 33.9 Å². The van der Waals surface area contributed by atoms with Crippen LogP contribution in [0.5, 0.6) is 5.75 Å². The summed E-state index contributed by atoms with van der Waals surface area (Å²) in [5, 5.41) is 10.8. The number of pyridine rings is 1. The summed E-state index contributed by atoms with van der Waals surface area (Å²) in [4.78, 5) is 11.9. The molecule has 248 valence electrons. The van der Waals surface area contributed by atoms with Crippen molar-refractivity contribution in [3.63, 3.8) is 0 Å². The number of hydrogen-bond donors (Lipinski definition) is 1. The molecule has 2 aromatic heterocycles. The molecule has 0 atom stereocenters. The molecule has 8 rings (SSSR count). The Labute approximate surface area is 292 Å². The molecule has 8 aromatic rings. The molecule has 2 heterocycles. The van der Waals surface area contributed by atoms with Crippen LogP contribution >= 0.6 is 0 Å². The zero-order chi connectivity index (χ0) is 35.0. The number of anilines is 3. The van der Waals surface area contributed by atoms with Crippen LogP contribution in [0.1, 0.15) is 5.56 Å². The largest absolute Gasteiger partial charge is 0.507 e. The van der Waals surface area contributed by atoms with E-state index >= 15 is 0 Å². The molecular formula is C43H29F3N4O. The topological polar surface area (TPSA) is 54.2 Å².